The maximum atomic E-state index is 13.2. The van der Waals surface area contributed by atoms with E-state index in [-0.39, 0.29) is 42.5 Å². The lowest BCUT2D eigenvalue weighted by atomic mass is 10.0. The molecular weight excluding hydrogens is 486 g/mol. The van der Waals surface area contributed by atoms with Gasteiger partial charge in [-0.15, -0.1) is 24.0 Å². The van der Waals surface area contributed by atoms with Crippen LogP contribution in [0.1, 0.15) is 17.2 Å². The molecule has 0 radical (unpaired) electrons. The molecule has 29 heavy (non-hydrogen) atoms. The summed E-state index contributed by atoms with van der Waals surface area (Å²) < 4.78 is 19.2. The lowest BCUT2D eigenvalue weighted by Crippen LogP contribution is -2.49. The van der Waals surface area contributed by atoms with Gasteiger partial charge in [-0.3, -0.25) is 9.79 Å². The molecule has 1 heterocycles. The molecule has 0 aromatic heterocycles. The van der Waals surface area contributed by atoms with Gasteiger partial charge < -0.3 is 20.3 Å². The monoisotopic (exact) mass is 512 g/mol. The van der Waals surface area contributed by atoms with Crippen molar-refractivity contribution < 1.29 is 13.9 Å². The van der Waals surface area contributed by atoms with E-state index in [1.165, 1.54) is 17.7 Å². The van der Waals surface area contributed by atoms with Crippen molar-refractivity contribution in [3.8, 4) is 0 Å². The third-order valence-electron chi connectivity index (χ3n) is 4.63. The van der Waals surface area contributed by atoms with Crippen molar-refractivity contribution in [1.29, 1.82) is 0 Å². The van der Waals surface area contributed by atoms with Crippen molar-refractivity contribution in [2.24, 2.45) is 4.99 Å². The summed E-state index contributed by atoms with van der Waals surface area (Å²) >= 11 is 0. The fourth-order valence-electron chi connectivity index (χ4n) is 3.24. The van der Waals surface area contributed by atoms with E-state index in [0.29, 0.717) is 31.3 Å². The highest BCUT2D eigenvalue weighted by Gasteiger charge is 2.25. The number of amides is 1. The minimum absolute atomic E-state index is 0. The Labute approximate surface area is 187 Å². The van der Waals surface area contributed by atoms with Gasteiger partial charge in [0, 0.05) is 19.3 Å². The number of nitrogens with zero attached hydrogens (tertiary/aromatic N) is 2. The number of guanidine groups is 1. The molecule has 0 aliphatic carbocycles. The number of anilines is 1. The number of carbonyl (C=O) groups excluding carboxylic acids is 1. The van der Waals surface area contributed by atoms with Gasteiger partial charge in [-0.2, -0.15) is 0 Å². The van der Waals surface area contributed by atoms with Gasteiger partial charge in [-0.1, -0.05) is 30.3 Å². The third-order valence-corrected chi connectivity index (χ3v) is 4.63. The average molecular weight is 512 g/mol. The van der Waals surface area contributed by atoms with E-state index < -0.39 is 5.82 Å². The van der Waals surface area contributed by atoms with Crippen molar-refractivity contribution in [3.05, 3.63) is 65.5 Å². The number of morpholine rings is 1. The summed E-state index contributed by atoms with van der Waals surface area (Å²) in [5.41, 5.74) is 2.77. The first-order valence-electron chi connectivity index (χ1n) is 9.25. The summed E-state index contributed by atoms with van der Waals surface area (Å²) in [7, 11) is 1.69. The van der Waals surface area contributed by atoms with Crippen LogP contribution in [-0.4, -0.2) is 50.1 Å². The SMILES string of the molecule is CN=C(NCC(=O)Nc1cccc(F)c1)N1CCOC(c2ccccc2C)C1.I. The number of carbonyl (C=O) groups is 1. The van der Waals surface area contributed by atoms with Gasteiger partial charge in [0.15, 0.2) is 5.96 Å². The molecular formula is C21H26FIN4O2. The van der Waals surface area contributed by atoms with Gasteiger partial charge in [0.1, 0.15) is 11.9 Å². The molecule has 0 saturated carbocycles. The molecule has 3 rings (SSSR count). The van der Waals surface area contributed by atoms with Crippen LogP contribution in [-0.2, 0) is 9.53 Å². The Balaban J connectivity index is 0.00000300. The molecule has 1 unspecified atom stereocenters. The van der Waals surface area contributed by atoms with Gasteiger partial charge in [0.25, 0.3) is 0 Å². The highest BCUT2D eigenvalue weighted by molar-refractivity contribution is 14.0. The van der Waals surface area contributed by atoms with Gasteiger partial charge in [-0.25, -0.2) is 4.39 Å². The number of hydrogen-bond acceptors (Lipinski definition) is 3. The fourth-order valence-corrected chi connectivity index (χ4v) is 3.24. The first kappa shape index (κ1) is 23.1. The Hall–Kier alpha value is -2.20. The van der Waals surface area contributed by atoms with Crippen LogP contribution in [0.3, 0.4) is 0 Å². The zero-order valence-corrected chi connectivity index (χ0v) is 18.9. The zero-order valence-electron chi connectivity index (χ0n) is 16.5. The smallest absolute Gasteiger partial charge is 0.243 e. The van der Waals surface area contributed by atoms with Crippen LogP contribution in [0.25, 0.3) is 0 Å². The van der Waals surface area contributed by atoms with Crippen LogP contribution in [0, 0.1) is 12.7 Å². The Morgan fingerprint density at radius 3 is 2.79 bits per heavy atom. The topological polar surface area (TPSA) is 66.0 Å². The summed E-state index contributed by atoms with van der Waals surface area (Å²) in [6.45, 7) is 4.02. The largest absolute Gasteiger partial charge is 0.370 e. The summed E-state index contributed by atoms with van der Waals surface area (Å²) in [5, 5.41) is 5.74. The first-order chi connectivity index (χ1) is 13.6. The number of ether oxygens (including phenoxy) is 1. The van der Waals surface area contributed by atoms with Gasteiger partial charge in [-0.05, 0) is 36.2 Å². The molecule has 1 aliphatic heterocycles. The highest BCUT2D eigenvalue weighted by atomic mass is 127. The quantitative estimate of drug-likeness (QED) is 0.375. The zero-order chi connectivity index (χ0) is 19.9. The van der Waals surface area contributed by atoms with E-state index in [1.807, 2.05) is 12.1 Å². The van der Waals surface area contributed by atoms with Gasteiger partial charge in [0.05, 0.1) is 19.7 Å². The number of rotatable bonds is 4. The lowest BCUT2D eigenvalue weighted by Gasteiger charge is -2.35. The van der Waals surface area contributed by atoms with Gasteiger partial charge >= 0.3 is 0 Å². The fraction of sp³-hybridized carbons (Fsp3) is 0.333. The molecule has 1 saturated heterocycles. The molecule has 0 spiro atoms. The number of aliphatic imine (C=N–C) groups is 1. The second kappa shape index (κ2) is 11.1. The first-order valence-corrected chi connectivity index (χ1v) is 9.25. The number of halogens is 2. The molecule has 6 nitrogen and oxygen atoms in total. The second-order valence-electron chi connectivity index (χ2n) is 6.62. The molecule has 2 N–H and O–H groups in total. The standard InChI is InChI=1S/C21H25FN4O2.HI/c1-15-6-3-4-9-18(15)19-14-26(10-11-28-19)21(23-2)24-13-20(27)25-17-8-5-7-16(22)12-17;/h3-9,12,19H,10-11,13-14H2,1-2H3,(H,23,24)(H,25,27);1H. The Bertz CT molecular complexity index is 862. The van der Waals surface area contributed by atoms with Crippen molar-refractivity contribution >= 4 is 41.5 Å². The normalized spacial score (nSPS) is 16.7. The van der Waals surface area contributed by atoms with Gasteiger partial charge in [0.2, 0.25) is 5.91 Å². The molecule has 1 atom stereocenters. The molecule has 2 aromatic carbocycles. The third kappa shape index (κ3) is 6.40. The Morgan fingerprint density at radius 1 is 1.28 bits per heavy atom. The van der Waals surface area contributed by atoms with Crippen molar-refractivity contribution in [3.63, 3.8) is 0 Å². The number of nitrogens with one attached hydrogen (secondary N) is 2. The number of benzene rings is 2. The molecule has 156 valence electrons. The maximum absolute atomic E-state index is 13.2. The second-order valence-corrected chi connectivity index (χ2v) is 6.62. The van der Waals surface area contributed by atoms with Crippen molar-refractivity contribution in [1.82, 2.24) is 10.2 Å². The Kier molecular flexibility index (Phi) is 8.84. The van der Waals surface area contributed by atoms with E-state index >= 15 is 0 Å². The molecule has 1 amide bonds. The highest BCUT2D eigenvalue weighted by Crippen LogP contribution is 2.24. The van der Waals surface area contributed by atoms with E-state index in [0.717, 1.165) is 5.56 Å². The molecule has 0 bridgehead atoms. The molecule has 8 heteroatoms. The summed E-state index contributed by atoms with van der Waals surface area (Å²) in [6, 6.07) is 14.0. The van der Waals surface area contributed by atoms with Crippen molar-refractivity contribution in [2.45, 2.75) is 13.0 Å². The molecule has 1 aliphatic rings. The van der Waals surface area contributed by atoms with Crippen LogP contribution in [0.4, 0.5) is 10.1 Å². The van der Waals surface area contributed by atoms with Crippen LogP contribution in [0.5, 0.6) is 0 Å². The average Bonchev–Trinajstić information content (AvgIpc) is 2.69. The summed E-state index contributed by atoms with van der Waals surface area (Å²) in [6.07, 6.45) is -0.0466. The predicted octanol–water partition coefficient (Wildman–Crippen LogP) is 3.34. The van der Waals surface area contributed by atoms with E-state index in [4.69, 9.17) is 4.74 Å². The number of aryl methyl sites for hydroxylation is 1. The number of hydrogen-bond donors (Lipinski definition) is 2. The van der Waals surface area contributed by atoms with E-state index in [2.05, 4.69) is 39.6 Å². The summed E-state index contributed by atoms with van der Waals surface area (Å²) in [4.78, 5) is 18.5. The van der Waals surface area contributed by atoms with Crippen LogP contribution < -0.4 is 10.6 Å². The van der Waals surface area contributed by atoms with E-state index in [9.17, 15) is 9.18 Å². The predicted molar refractivity (Wildman–Crippen MR) is 123 cm³/mol. The maximum Gasteiger partial charge on any atom is 0.243 e. The molecule has 1 fully saturated rings. The van der Waals surface area contributed by atoms with Crippen molar-refractivity contribution in [2.75, 3.05) is 38.6 Å². The lowest BCUT2D eigenvalue weighted by molar-refractivity contribution is -0.115. The van der Waals surface area contributed by atoms with E-state index in [1.54, 1.807) is 19.2 Å². The van der Waals surface area contributed by atoms with Crippen LogP contribution in [0.15, 0.2) is 53.5 Å². The Morgan fingerprint density at radius 2 is 2.07 bits per heavy atom. The van der Waals surface area contributed by atoms with Crippen LogP contribution >= 0.6 is 24.0 Å². The summed E-state index contributed by atoms with van der Waals surface area (Å²) in [5.74, 6) is -0.0242. The minimum Gasteiger partial charge on any atom is -0.370 e. The minimum atomic E-state index is -0.392. The van der Waals surface area contributed by atoms with Crippen LogP contribution in [0.2, 0.25) is 0 Å². The molecule has 2 aromatic rings.